The highest BCUT2D eigenvalue weighted by atomic mass is 32.1. The predicted molar refractivity (Wildman–Crippen MR) is 96.4 cm³/mol. The van der Waals surface area contributed by atoms with Gasteiger partial charge in [-0.2, -0.15) is 11.3 Å². The van der Waals surface area contributed by atoms with Crippen LogP contribution >= 0.6 is 22.9 Å². The molecule has 1 unspecified atom stereocenters. The van der Waals surface area contributed by atoms with E-state index < -0.39 is 0 Å². The molecule has 0 N–H and O–H groups in total. The van der Waals surface area contributed by atoms with Crippen LogP contribution in [-0.2, 0) is 11.3 Å². The second-order valence-electron chi connectivity index (χ2n) is 6.93. The Labute approximate surface area is 154 Å². The maximum absolute atomic E-state index is 12.4. The quantitative estimate of drug-likeness (QED) is 0.823. The summed E-state index contributed by atoms with van der Waals surface area (Å²) in [5, 5.41) is 7.90. The monoisotopic (exact) mass is 376 g/mol. The fourth-order valence-corrected chi connectivity index (χ4v) is 5.04. The van der Waals surface area contributed by atoms with Gasteiger partial charge < -0.3 is 9.80 Å². The number of amides is 2. The standard InChI is InChI=1S/C17H20N4O2S2/c1-12(22)21(10-13-2-7-24-11-13)15-8-17(15)3-5-20(6-4-17)16(23)14-9-18-19-25-14/h2,7,9,11,15H,3-6,8,10H2,1H3. The summed E-state index contributed by atoms with van der Waals surface area (Å²) in [6.07, 6.45) is 4.52. The highest BCUT2D eigenvalue weighted by Crippen LogP contribution is 2.57. The molecular weight excluding hydrogens is 356 g/mol. The van der Waals surface area contributed by atoms with E-state index in [-0.39, 0.29) is 17.2 Å². The van der Waals surface area contributed by atoms with Crippen molar-refractivity contribution in [3.8, 4) is 0 Å². The summed E-state index contributed by atoms with van der Waals surface area (Å²) in [6, 6.07) is 2.40. The largest absolute Gasteiger partial charge is 0.338 e. The fraction of sp³-hybridized carbons (Fsp3) is 0.529. The van der Waals surface area contributed by atoms with E-state index >= 15 is 0 Å². The maximum atomic E-state index is 12.4. The first-order valence-corrected chi connectivity index (χ1v) is 10.2. The first kappa shape index (κ1) is 16.7. The van der Waals surface area contributed by atoms with Gasteiger partial charge in [-0.1, -0.05) is 4.49 Å². The number of aromatic nitrogens is 2. The van der Waals surface area contributed by atoms with E-state index in [1.807, 2.05) is 9.80 Å². The van der Waals surface area contributed by atoms with Crippen molar-refractivity contribution in [2.45, 2.75) is 38.8 Å². The van der Waals surface area contributed by atoms with Crippen molar-refractivity contribution >= 4 is 34.7 Å². The Morgan fingerprint density at radius 1 is 1.40 bits per heavy atom. The smallest absolute Gasteiger partial charge is 0.267 e. The molecule has 1 aliphatic heterocycles. The molecule has 1 spiro atoms. The van der Waals surface area contributed by atoms with Gasteiger partial charge in [0.25, 0.3) is 5.91 Å². The van der Waals surface area contributed by atoms with Crippen LogP contribution in [0.1, 0.15) is 41.4 Å². The first-order valence-electron chi connectivity index (χ1n) is 8.44. The minimum Gasteiger partial charge on any atom is -0.338 e. The SMILES string of the molecule is CC(=O)N(Cc1ccsc1)C1CC12CCN(C(=O)c1cnns1)CC2. The lowest BCUT2D eigenvalue weighted by atomic mass is 9.92. The number of nitrogens with zero attached hydrogens (tertiary/aromatic N) is 4. The van der Waals surface area contributed by atoms with Crippen LogP contribution in [0, 0.1) is 5.41 Å². The number of thiophene rings is 1. The van der Waals surface area contributed by atoms with Crippen molar-refractivity contribution in [3.63, 3.8) is 0 Å². The van der Waals surface area contributed by atoms with Crippen LogP contribution in [0.15, 0.2) is 23.0 Å². The molecule has 0 aromatic carbocycles. The van der Waals surface area contributed by atoms with E-state index in [9.17, 15) is 9.59 Å². The zero-order valence-electron chi connectivity index (χ0n) is 14.1. The first-order chi connectivity index (χ1) is 12.1. The molecule has 1 saturated carbocycles. The van der Waals surface area contributed by atoms with E-state index in [0.717, 1.165) is 43.9 Å². The molecule has 2 fully saturated rings. The van der Waals surface area contributed by atoms with Gasteiger partial charge in [0.1, 0.15) is 4.88 Å². The van der Waals surface area contributed by atoms with Crippen molar-refractivity contribution < 1.29 is 9.59 Å². The maximum Gasteiger partial charge on any atom is 0.267 e. The molecule has 2 amide bonds. The number of likely N-dealkylation sites (tertiary alicyclic amines) is 1. The third-order valence-corrected chi connectivity index (χ3v) is 6.86. The second-order valence-corrected chi connectivity index (χ2v) is 8.50. The Kier molecular flexibility index (Phi) is 4.33. The molecule has 2 aromatic heterocycles. The van der Waals surface area contributed by atoms with Crippen LogP contribution in [0.3, 0.4) is 0 Å². The van der Waals surface area contributed by atoms with Crippen LogP contribution in [0.5, 0.6) is 0 Å². The lowest BCUT2D eigenvalue weighted by Gasteiger charge is -2.34. The molecule has 0 radical (unpaired) electrons. The minimum atomic E-state index is 0.0312. The summed E-state index contributed by atoms with van der Waals surface area (Å²) in [5.74, 6) is 0.172. The topological polar surface area (TPSA) is 66.4 Å². The highest BCUT2D eigenvalue weighted by Gasteiger charge is 2.58. The lowest BCUT2D eigenvalue weighted by molar-refractivity contribution is -0.130. The Morgan fingerprint density at radius 2 is 2.20 bits per heavy atom. The number of carbonyl (C=O) groups is 2. The summed E-state index contributed by atoms with van der Waals surface area (Å²) >= 11 is 2.81. The van der Waals surface area contributed by atoms with Gasteiger partial charge in [0.2, 0.25) is 5.91 Å². The molecule has 1 saturated heterocycles. The van der Waals surface area contributed by atoms with Crippen LogP contribution < -0.4 is 0 Å². The number of hydrogen-bond donors (Lipinski definition) is 0. The third kappa shape index (κ3) is 3.20. The van der Waals surface area contributed by atoms with Gasteiger partial charge in [-0.05, 0) is 58.6 Å². The lowest BCUT2D eigenvalue weighted by Crippen LogP contribution is -2.42. The zero-order chi connectivity index (χ0) is 17.4. The molecule has 4 rings (SSSR count). The normalized spacial score (nSPS) is 21.3. The second kappa shape index (κ2) is 6.49. The van der Waals surface area contributed by atoms with E-state index in [4.69, 9.17) is 0 Å². The van der Waals surface area contributed by atoms with Crippen molar-refractivity contribution in [2.24, 2.45) is 5.41 Å². The zero-order valence-corrected chi connectivity index (χ0v) is 15.7. The Hall–Kier alpha value is -1.80. The third-order valence-electron chi connectivity index (χ3n) is 5.48. The van der Waals surface area contributed by atoms with Crippen LogP contribution in [0.25, 0.3) is 0 Å². The Balaban J connectivity index is 1.38. The Bertz CT molecular complexity index is 752. The van der Waals surface area contributed by atoms with E-state index in [1.54, 1.807) is 18.3 Å². The van der Waals surface area contributed by atoms with Gasteiger partial charge in [-0.15, -0.1) is 5.10 Å². The minimum absolute atomic E-state index is 0.0312. The van der Waals surface area contributed by atoms with Crippen molar-refractivity contribution in [1.82, 2.24) is 19.4 Å². The number of rotatable bonds is 4. The Morgan fingerprint density at radius 3 is 2.80 bits per heavy atom. The molecule has 1 atom stereocenters. The average Bonchev–Trinajstić information content (AvgIpc) is 3.07. The van der Waals surface area contributed by atoms with E-state index in [2.05, 4.69) is 26.4 Å². The summed E-state index contributed by atoms with van der Waals surface area (Å²) in [5.41, 5.74) is 1.40. The molecule has 2 aromatic rings. The van der Waals surface area contributed by atoms with Crippen LogP contribution in [0.2, 0.25) is 0 Å². The summed E-state index contributed by atoms with van der Waals surface area (Å²) < 4.78 is 3.77. The molecule has 0 bridgehead atoms. The summed E-state index contributed by atoms with van der Waals surface area (Å²) in [6.45, 7) is 3.85. The van der Waals surface area contributed by atoms with Gasteiger partial charge in [-0.3, -0.25) is 9.59 Å². The molecular formula is C17H20N4O2S2. The van der Waals surface area contributed by atoms with Crippen LogP contribution in [-0.4, -0.2) is 50.3 Å². The number of hydrogen-bond acceptors (Lipinski definition) is 6. The van der Waals surface area contributed by atoms with Gasteiger partial charge in [-0.25, -0.2) is 0 Å². The predicted octanol–water partition coefficient (Wildman–Crippen LogP) is 2.64. The average molecular weight is 377 g/mol. The number of piperidine rings is 1. The molecule has 132 valence electrons. The molecule has 8 heteroatoms. The van der Waals surface area contributed by atoms with Gasteiger partial charge >= 0.3 is 0 Å². The molecule has 2 aliphatic rings. The summed E-state index contributed by atoms with van der Waals surface area (Å²) in [4.78, 5) is 29.1. The van der Waals surface area contributed by atoms with E-state index in [0.29, 0.717) is 17.5 Å². The van der Waals surface area contributed by atoms with Gasteiger partial charge in [0, 0.05) is 32.6 Å². The van der Waals surface area contributed by atoms with Gasteiger partial charge in [0.15, 0.2) is 0 Å². The fourth-order valence-electron chi connectivity index (χ4n) is 3.90. The van der Waals surface area contributed by atoms with Crippen LogP contribution in [0.4, 0.5) is 0 Å². The van der Waals surface area contributed by atoms with Crippen molar-refractivity contribution in [3.05, 3.63) is 33.5 Å². The molecule has 25 heavy (non-hydrogen) atoms. The molecule has 1 aliphatic carbocycles. The molecule has 3 heterocycles. The van der Waals surface area contributed by atoms with Gasteiger partial charge in [0.05, 0.1) is 6.20 Å². The molecule has 6 nitrogen and oxygen atoms in total. The van der Waals surface area contributed by atoms with Crippen molar-refractivity contribution in [2.75, 3.05) is 13.1 Å². The summed E-state index contributed by atoms with van der Waals surface area (Å²) in [7, 11) is 0. The number of carbonyl (C=O) groups excluding carboxylic acids is 2. The van der Waals surface area contributed by atoms with Crippen molar-refractivity contribution in [1.29, 1.82) is 0 Å². The van der Waals surface area contributed by atoms with E-state index in [1.165, 1.54) is 11.8 Å². The highest BCUT2D eigenvalue weighted by molar-refractivity contribution is 7.08.